The molecule has 0 aromatic rings. The molecule has 1 N–H and O–H groups in total. The van der Waals surface area contributed by atoms with E-state index >= 15 is 0 Å². The van der Waals surface area contributed by atoms with Crippen LogP contribution in [0, 0.1) is 0 Å². The molecule has 0 rings (SSSR count). The summed E-state index contributed by atoms with van der Waals surface area (Å²) >= 11 is 0. The number of hydrogen-bond acceptors (Lipinski definition) is 5. The normalized spacial score (nSPS) is 10.5. The third-order valence-corrected chi connectivity index (χ3v) is 1.29. The number of aliphatic carboxylic acids is 1. The fourth-order valence-corrected chi connectivity index (χ4v) is 0.586. The highest BCUT2D eigenvalue weighted by Gasteiger charge is 2.13. The standard InChI is InChI=1S/C8H8O6/c1-14-8(13)6(10)3-2-5(4-9)7(11)12/h2,4H,3H2,1H3,(H,11,12). The number of carboxylic acid groups (broad SMARTS) is 1. The summed E-state index contributed by atoms with van der Waals surface area (Å²) in [6, 6.07) is 0. The zero-order valence-electron chi connectivity index (χ0n) is 7.35. The summed E-state index contributed by atoms with van der Waals surface area (Å²) in [5.41, 5.74) is -0.567. The molecule has 76 valence electrons. The second kappa shape index (κ2) is 5.63. The fraction of sp³-hybridized carbons (Fsp3) is 0.250. The van der Waals surface area contributed by atoms with E-state index in [1.165, 1.54) is 0 Å². The highest BCUT2D eigenvalue weighted by molar-refractivity contribution is 6.34. The average molecular weight is 200 g/mol. The van der Waals surface area contributed by atoms with Crippen molar-refractivity contribution in [2.24, 2.45) is 0 Å². The van der Waals surface area contributed by atoms with Gasteiger partial charge in [0.05, 0.1) is 12.7 Å². The van der Waals surface area contributed by atoms with Crippen LogP contribution in [0.15, 0.2) is 11.6 Å². The van der Waals surface area contributed by atoms with Gasteiger partial charge in [-0.3, -0.25) is 9.59 Å². The maximum Gasteiger partial charge on any atom is 0.374 e. The zero-order chi connectivity index (χ0) is 11.1. The van der Waals surface area contributed by atoms with Crippen molar-refractivity contribution in [2.45, 2.75) is 6.42 Å². The lowest BCUT2D eigenvalue weighted by Crippen LogP contribution is -2.15. The summed E-state index contributed by atoms with van der Waals surface area (Å²) in [6.07, 6.45) is 0.481. The minimum atomic E-state index is -1.45. The highest BCUT2D eigenvalue weighted by atomic mass is 16.5. The molecule has 0 radical (unpaired) electrons. The fourth-order valence-electron chi connectivity index (χ4n) is 0.586. The van der Waals surface area contributed by atoms with Crippen LogP contribution < -0.4 is 0 Å². The number of methoxy groups -OCH3 is 1. The van der Waals surface area contributed by atoms with Crippen LogP contribution in [0.1, 0.15) is 6.42 Å². The van der Waals surface area contributed by atoms with E-state index in [1.54, 1.807) is 0 Å². The molecule has 0 aromatic carbocycles. The molecule has 0 saturated heterocycles. The van der Waals surface area contributed by atoms with Crippen molar-refractivity contribution in [3.8, 4) is 0 Å². The largest absolute Gasteiger partial charge is 0.478 e. The number of carboxylic acids is 1. The van der Waals surface area contributed by atoms with E-state index in [0.29, 0.717) is 0 Å². The molecular weight excluding hydrogens is 192 g/mol. The predicted molar refractivity (Wildman–Crippen MR) is 43.4 cm³/mol. The van der Waals surface area contributed by atoms with Gasteiger partial charge in [-0.05, 0) is 0 Å². The van der Waals surface area contributed by atoms with Crippen molar-refractivity contribution >= 4 is 24.0 Å². The van der Waals surface area contributed by atoms with Gasteiger partial charge in [-0.2, -0.15) is 0 Å². The van der Waals surface area contributed by atoms with Gasteiger partial charge in [0.25, 0.3) is 0 Å². The number of esters is 1. The number of ether oxygens (including phenoxy) is 1. The third kappa shape index (κ3) is 3.61. The Morgan fingerprint density at radius 1 is 1.36 bits per heavy atom. The molecule has 0 aliphatic rings. The average Bonchev–Trinajstić information content (AvgIpc) is 2.16. The van der Waals surface area contributed by atoms with Gasteiger partial charge in [-0.15, -0.1) is 0 Å². The SMILES string of the molecule is COC(=O)C(=O)CC=C(C=O)C(=O)O. The first-order valence-corrected chi connectivity index (χ1v) is 3.52. The van der Waals surface area contributed by atoms with E-state index in [9.17, 15) is 19.2 Å². The van der Waals surface area contributed by atoms with E-state index < -0.39 is 29.7 Å². The second-order valence-electron chi connectivity index (χ2n) is 2.20. The number of carbonyl (C=O) groups excluding carboxylic acids is 3. The van der Waals surface area contributed by atoms with Gasteiger partial charge in [0.2, 0.25) is 5.78 Å². The summed E-state index contributed by atoms with van der Waals surface area (Å²) in [6.45, 7) is 0. The molecular formula is C8H8O6. The van der Waals surface area contributed by atoms with Gasteiger partial charge in [0, 0.05) is 6.42 Å². The van der Waals surface area contributed by atoms with Crippen LogP contribution in [-0.4, -0.2) is 36.2 Å². The molecule has 0 aromatic heterocycles. The Morgan fingerprint density at radius 3 is 2.29 bits per heavy atom. The van der Waals surface area contributed by atoms with E-state index in [0.717, 1.165) is 13.2 Å². The molecule has 0 aliphatic heterocycles. The van der Waals surface area contributed by atoms with Crippen molar-refractivity contribution in [2.75, 3.05) is 7.11 Å². The Hall–Kier alpha value is -1.98. The van der Waals surface area contributed by atoms with Crippen LogP contribution in [0.25, 0.3) is 0 Å². The van der Waals surface area contributed by atoms with Crippen LogP contribution in [-0.2, 0) is 23.9 Å². The summed E-state index contributed by atoms with van der Waals surface area (Å²) in [5.74, 6) is -3.43. The molecule has 0 fully saturated rings. The summed E-state index contributed by atoms with van der Waals surface area (Å²) in [7, 11) is 1.03. The Kier molecular flexibility index (Phi) is 4.83. The maximum atomic E-state index is 10.8. The smallest absolute Gasteiger partial charge is 0.374 e. The number of rotatable bonds is 5. The lowest BCUT2D eigenvalue weighted by atomic mass is 10.2. The van der Waals surface area contributed by atoms with Crippen LogP contribution in [0.4, 0.5) is 0 Å². The van der Waals surface area contributed by atoms with E-state index in [1.807, 2.05) is 0 Å². The lowest BCUT2D eigenvalue weighted by Gasteiger charge is -1.94. The number of Topliss-reactive ketones (excluding diaryl/α,β-unsaturated/α-hetero) is 1. The number of allylic oxidation sites excluding steroid dienone is 1. The van der Waals surface area contributed by atoms with Crippen molar-refractivity contribution in [3.63, 3.8) is 0 Å². The monoisotopic (exact) mass is 200 g/mol. The van der Waals surface area contributed by atoms with Crippen LogP contribution in [0.3, 0.4) is 0 Å². The zero-order valence-corrected chi connectivity index (χ0v) is 7.35. The van der Waals surface area contributed by atoms with Gasteiger partial charge in [-0.1, -0.05) is 6.08 Å². The maximum absolute atomic E-state index is 10.8. The molecule has 0 heterocycles. The first-order chi connectivity index (χ1) is 6.52. The Morgan fingerprint density at radius 2 is 1.93 bits per heavy atom. The van der Waals surface area contributed by atoms with Gasteiger partial charge in [0.1, 0.15) is 0 Å². The third-order valence-electron chi connectivity index (χ3n) is 1.29. The first kappa shape index (κ1) is 12.0. The number of carbonyl (C=O) groups is 4. The number of hydrogen-bond donors (Lipinski definition) is 1. The molecule has 0 amide bonds. The van der Waals surface area contributed by atoms with E-state index in [4.69, 9.17) is 5.11 Å². The molecule has 0 saturated carbocycles. The lowest BCUT2D eigenvalue weighted by molar-refractivity contribution is -0.151. The summed E-state index contributed by atoms with van der Waals surface area (Å²) < 4.78 is 4.08. The van der Waals surface area contributed by atoms with E-state index in [2.05, 4.69) is 4.74 Å². The van der Waals surface area contributed by atoms with E-state index in [-0.39, 0.29) is 6.29 Å². The Labute approximate surface area is 79.2 Å². The molecule has 6 heteroatoms. The van der Waals surface area contributed by atoms with Gasteiger partial charge in [-0.25, -0.2) is 9.59 Å². The molecule has 0 unspecified atom stereocenters. The molecule has 14 heavy (non-hydrogen) atoms. The number of aldehydes is 1. The highest BCUT2D eigenvalue weighted by Crippen LogP contribution is 1.95. The van der Waals surface area contributed by atoms with Crippen molar-refractivity contribution < 1.29 is 29.0 Å². The Balaban J connectivity index is 4.40. The predicted octanol–water partition coefficient (Wildman–Crippen LogP) is -0.672. The van der Waals surface area contributed by atoms with Gasteiger partial charge >= 0.3 is 11.9 Å². The van der Waals surface area contributed by atoms with Crippen molar-refractivity contribution in [3.05, 3.63) is 11.6 Å². The second-order valence-corrected chi connectivity index (χ2v) is 2.20. The van der Waals surface area contributed by atoms with Crippen molar-refractivity contribution in [1.82, 2.24) is 0 Å². The molecule has 0 bridgehead atoms. The quantitative estimate of drug-likeness (QED) is 0.158. The van der Waals surface area contributed by atoms with Crippen molar-refractivity contribution in [1.29, 1.82) is 0 Å². The van der Waals surface area contributed by atoms with Crippen LogP contribution in [0.5, 0.6) is 0 Å². The van der Waals surface area contributed by atoms with Crippen LogP contribution in [0.2, 0.25) is 0 Å². The molecule has 0 aliphatic carbocycles. The molecule has 6 nitrogen and oxygen atoms in total. The molecule has 0 atom stereocenters. The van der Waals surface area contributed by atoms with Crippen LogP contribution >= 0.6 is 0 Å². The first-order valence-electron chi connectivity index (χ1n) is 3.52. The van der Waals surface area contributed by atoms with Gasteiger partial charge in [0.15, 0.2) is 6.29 Å². The minimum absolute atomic E-state index is 0.0902. The Bertz CT molecular complexity index is 301. The summed E-state index contributed by atoms with van der Waals surface area (Å²) in [5, 5.41) is 8.35. The topological polar surface area (TPSA) is 97.7 Å². The minimum Gasteiger partial charge on any atom is -0.478 e. The molecule has 0 spiro atoms. The summed E-state index contributed by atoms with van der Waals surface area (Å²) in [4.78, 5) is 41.7. The number of ketones is 1. The van der Waals surface area contributed by atoms with Gasteiger partial charge < -0.3 is 9.84 Å².